The number of rotatable bonds is 14. The van der Waals surface area contributed by atoms with Crippen LogP contribution in [0.3, 0.4) is 0 Å². The molecule has 0 atom stereocenters. The normalized spacial score (nSPS) is 15.7. The molecule has 2 aliphatic carbocycles. The molecule has 2 aromatic rings. The molecule has 2 aliphatic rings. The predicted octanol–water partition coefficient (Wildman–Crippen LogP) is 10.9. The summed E-state index contributed by atoms with van der Waals surface area (Å²) in [4.78, 5) is 52.6. The Morgan fingerprint density at radius 1 is 0.604 bits per heavy atom. The van der Waals surface area contributed by atoms with Gasteiger partial charge >= 0.3 is 23.9 Å². The smallest absolute Gasteiger partial charge is 0.423 e. The molecule has 0 aliphatic heterocycles. The summed E-state index contributed by atoms with van der Waals surface area (Å²) < 4.78 is 21.6. The molecule has 0 saturated heterocycles. The summed E-state index contributed by atoms with van der Waals surface area (Å²) >= 11 is 37.6. The van der Waals surface area contributed by atoms with Gasteiger partial charge in [-0.3, -0.25) is 0 Å². The first-order chi connectivity index (χ1) is 22.5. The van der Waals surface area contributed by atoms with Crippen LogP contribution >= 0.6 is 69.6 Å². The third-order valence-electron chi connectivity index (χ3n) is 8.65. The van der Waals surface area contributed by atoms with Gasteiger partial charge in [0.15, 0.2) is 11.5 Å². The number of benzene rings is 2. The largest absolute Gasteiger partial charge is 0.461 e. The van der Waals surface area contributed by atoms with Crippen LogP contribution in [0.25, 0.3) is 0 Å². The predicted molar refractivity (Wildman–Crippen MR) is 186 cm³/mol. The number of hydrogen-bond acceptors (Lipinski definition) is 8. The molecule has 0 N–H and O–H groups in total. The summed E-state index contributed by atoms with van der Waals surface area (Å²) in [6, 6.07) is 2.28. The highest BCUT2D eigenvalue weighted by molar-refractivity contribution is 6.47. The molecular formula is C34H36Cl6O8. The minimum absolute atomic E-state index is 0.111. The average molecular weight is 785 g/mol. The first-order valence-electron chi connectivity index (χ1n) is 15.6. The van der Waals surface area contributed by atoms with E-state index in [1.54, 1.807) is 0 Å². The molecule has 48 heavy (non-hydrogen) atoms. The minimum Gasteiger partial charge on any atom is -0.461 e. The van der Waals surface area contributed by atoms with Gasteiger partial charge in [-0.25, -0.2) is 19.2 Å². The van der Waals surface area contributed by atoms with Crippen LogP contribution < -0.4 is 9.47 Å². The van der Waals surface area contributed by atoms with E-state index in [1.165, 1.54) is 0 Å². The summed E-state index contributed by atoms with van der Waals surface area (Å²) in [5.41, 5.74) is -1.17. The van der Waals surface area contributed by atoms with Crippen molar-refractivity contribution in [2.24, 2.45) is 22.7 Å². The van der Waals surface area contributed by atoms with Gasteiger partial charge in [0.25, 0.3) is 0 Å². The maximum atomic E-state index is 13.3. The first kappa shape index (κ1) is 38.9. The lowest BCUT2D eigenvalue weighted by atomic mass is 9.96. The van der Waals surface area contributed by atoms with Crippen LogP contribution in [0.1, 0.15) is 99.8 Å². The molecule has 2 fully saturated rings. The fourth-order valence-corrected chi connectivity index (χ4v) is 6.49. The van der Waals surface area contributed by atoms with Crippen LogP contribution in [0.5, 0.6) is 11.5 Å². The van der Waals surface area contributed by atoms with Crippen LogP contribution in [-0.4, -0.2) is 37.1 Å². The van der Waals surface area contributed by atoms with Gasteiger partial charge in [-0.05, 0) is 62.5 Å². The van der Waals surface area contributed by atoms with Gasteiger partial charge in [-0.2, -0.15) is 0 Å². The van der Waals surface area contributed by atoms with Crippen LogP contribution in [0.4, 0.5) is 0 Å². The molecule has 2 saturated carbocycles. The Labute approximate surface area is 309 Å². The van der Waals surface area contributed by atoms with E-state index in [2.05, 4.69) is 27.7 Å². The molecule has 0 heterocycles. The second-order valence-corrected chi connectivity index (χ2v) is 15.9. The van der Waals surface area contributed by atoms with Crippen molar-refractivity contribution in [1.82, 2.24) is 0 Å². The number of esters is 4. The Morgan fingerprint density at radius 3 is 1.23 bits per heavy atom. The summed E-state index contributed by atoms with van der Waals surface area (Å²) in [6.45, 7) is 8.68. The second-order valence-electron chi connectivity index (χ2n) is 13.5. The molecule has 262 valence electrons. The maximum absolute atomic E-state index is 13.3. The zero-order chi connectivity index (χ0) is 35.6. The van der Waals surface area contributed by atoms with Crippen molar-refractivity contribution >= 4 is 93.5 Å². The van der Waals surface area contributed by atoms with Gasteiger partial charge < -0.3 is 18.9 Å². The van der Waals surface area contributed by atoms with Gasteiger partial charge in [-0.1, -0.05) is 110 Å². The zero-order valence-electron chi connectivity index (χ0n) is 26.9. The van der Waals surface area contributed by atoms with E-state index in [4.69, 9.17) is 88.6 Å². The maximum Gasteiger partial charge on any atom is 0.423 e. The fourth-order valence-electron chi connectivity index (χ4n) is 5.05. The van der Waals surface area contributed by atoms with Crippen molar-refractivity contribution in [3.05, 3.63) is 53.4 Å². The summed E-state index contributed by atoms with van der Waals surface area (Å²) in [5.74, 6) is -5.33. The van der Waals surface area contributed by atoms with Gasteiger partial charge in [0.1, 0.15) is 11.1 Å². The highest BCUT2D eigenvalue weighted by Crippen LogP contribution is 2.52. The number of hydrogen-bond donors (Lipinski definition) is 0. The number of ether oxygens (including phenoxy) is 4. The van der Waals surface area contributed by atoms with Crippen molar-refractivity contribution < 1.29 is 38.1 Å². The van der Waals surface area contributed by atoms with Gasteiger partial charge in [0.2, 0.25) is 0 Å². The molecule has 0 spiro atoms. The molecule has 0 amide bonds. The van der Waals surface area contributed by atoms with Crippen molar-refractivity contribution in [1.29, 1.82) is 0 Å². The molecule has 14 heteroatoms. The standard InChI is InChI=1S/C34H36Cl6O8/c1-17(2)5-7-33(9-10-33)15-45-29(41)23-25(39)19(35)13-21(37)27(23)47-31(43)32(44)48-28-22(38)14-20(36)26(40)24(28)30(42)46-16-34(11-12-34)8-6-18(3)4/h13-14,17-18H,5-12,15-16H2,1-4H3. The lowest BCUT2D eigenvalue weighted by Gasteiger charge is -2.19. The Morgan fingerprint density at radius 2 is 0.938 bits per heavy atom. The van der Waals surface area contributed by atoms with Crippen LogP contribution in [0.2, 0.25) is 30.1 Å². The quantitative estimate of drug-likeness (QED) is 0.0807. The Balaban J connectivity index is 1.51. The van der Waals surface area contributed by atoms with Gasteiger partial charge in [-0.15, -0.1) is 0 Å². The molecule has 0 radical (unpaired) electrons. The SMILES string of the molecule is CC(C)CCC1(COC(=O)c2c(Cl)c(Cl)cc(Cl)c2OC(=O)C(=O)Oc2c(Cl)cc(Cl)c(Cl)c2C(=O)OCC2(CCC(C)C)CC2)CC1. The van der Waals surface area contributed by atoms with Crippen molar-refractivity contribution in [2.75, 3.05) is 13.2 Å². The number of halogens is 6. The molecule has 8 nitrogen and oxygen atoms in total. The van der Waals surface area contributed by atoms with E-state index in [1.807, 2.05) is 0 Å². The third-order valence-corrected chi connectivity index (χ3v) is 10.8. The van der Waals surface area contributed by atoms with Gasteiger partial charge in [0, 0.05) is 10.8 Å². The third kappa shape index (κ3) is 9.64. The summed E-state index contributed by atoms with van der Waals surface area (Å²) in [5, 5.41) is -1.43. The zero-order valence-corrected chi connectivity index (χ0v) is 31.4. The van der Waals surface area contributed by atoms with Crippen LogP contribution in [-0.2, 0) is 19.1 Å². The van der Waals surface area contributed by atoms with E-state index in [9.17, 15) is 19.2 Å². The van der Waals surface area contributed by atoms with Crippen molar-refractivity contribution in [2.45, 2.75) is 79.1 Å². The lowest BCUT2D eigenvalue weighted by molar-refractivity contribution is -0.156. The first-order valence-corrected chi connectivity index (χ1v) is 17.9. The molecule has 4 rings (SSSR count). The number of carbonyl (C=O) groups is 4. The topological polar surface area (TPSA) is 105 Å². The van der Waals surface area contributed by atoms with Crippen LogP contribution in [0.15, 0.2) is 12.1 Å². The molecule has 0 unspecified atom stereocenters. The highest BCUT2D eigenvalue weighted by atomic mass is 35.5. The molecule has 0 aromatic heterocycles. The Bertz CT molecular complexity index is 1480. The van der Waals surface area contributed by atoms with Crippen LogP contribution in [0, 0.1) is 22.7 Å². The molecule has 2 aromatic carbocycles. The van der Waals surface area contributed by atoms with Crippen molar-refractivity contribution in [3.63, 3.8) is 0 Å². The highest BCUT2D eigenvalue weighted by Gasteiger charge is 2.45. The minimum atomic E-state index is -1.63. The van der Waals surface area contributed by atoms with E-state index in [-0.39, 0.29) is 54.2 Å². The van der Waals surface area contributed by atoms with E-state index in [0.29, 0.717) is 11.8 Å². The summed E-state index contributed by atoms with van der Waals surface area (Å²) in [7, 11) is 0. The molecular weight excluding hydrogens is 749 g/mol. The lowest BCUT2D eigenvalue weighted by Crippen LogP contribution is -2.28. The van der Waals surface area contributed by atoms with Gasteiger partial charge in [0.05, 0.1) is 43.3 Å². The monoisotopic (exact) mass is 782 g/mol. The summed E-state index contributed by atoms with van der Waals surface area (Å²) in [6.07, 6.45) is 7.28. The Hall–Kier alpha value is -1.94. The van der Waals surface area contributed by atoms with E-state index in [0.717, 1.165) is 63.5 Å². The second kappa shape index (κ2) is 15.9. The average Bonchev–Trinajstić information content (AvgIpc) is 3.95. The Kier molecular flexibility index (Phi) is 12.9. The van der Waals surface area contributed by atoms with E-state index < -0.39 is 46.5 Å². The fraction of sp³-hybridized carbons (Fsp3) is 0.529. The van der Waals surface area contributed by atoms with E-state index >= 15 is 0 Å². The van der Waals surface area contributed by atoms with Crippen molar-refractivity contribution in [3.8, 4) is 11.5 Å². The number of carbonyl (C=O) groups excluding carboxylic acids is 4. The molecule has 0 bridgehead atoms.